The van der Waals surface area contributed by atoms with Crippen molar-refractivity contribution in [2.24, 2.45) is 11.7 Å². The van der Waals surface area contributed by atoms with E-state index in [0.717, 1.165) is 25.9 Å². The minimum atomic E-state index is 0.149. The molecular formula is C14H29N3O. The van der Waals surface area contributed by atoms with E-state index in [-0.39, 0.29) is 5.91 Å². The maximum absolute atomic E-state index is 11.9. The second-order valence-electron chi connectivity index (χ2n) is 5.74. The molecule has 18 heavy (non-hydrogen) atoms. The predicted molar refractivity (Wildman–Crippen MR) is 75.3 cm³/mol. The molecule has 0 aliphatic carbocycles. The van der Waals surface area contributed by atoms with Crippen molar-refractivity contribution >= 4 is 5.91 Å². The summed E-state index contributed by atoms with van der Waals surface area (Å²) in [7, 11) is 0. The highest BCUT2D eigenvalue weighted by molar-refractivity contribution is 5.78. The summed E-state index contributed by atoms with van der Waals surface area (Å²) in [6, 6.07) is 0.392. The third-order valence-electron chi connectivity index (χ3n) is 3.66. The largest absolute Gasteiger partial charge is 0.355 e. The topological polar surface area (TPSA) is 58.4 Å². The van der Waals surface area contributed by atoms with Gasteiger partial charge in [-0.1, -0.05) is 26.7 Å². The van der Waals surface area contributed by atoms with Gasteiger partial charge < -0.3 is 11.1 Å². The van der Waals surface area contributed by atoms with Gasteiger partial charge in [0.1, 0.15) is 0 Å². The Morgan fingerprint density at radius 2 is 2.17 bits per heavy atom. The molecule has 1 rings (SSSR count). The van der Waals surface area contributed by atoms with E-state index in [1.54, 1.807) is 0 Å². The van der Waals surface area contributed by atoms with Crippen molar-refractivity contribution in [1.82, 2.24) is 10.2 Å². The summed E-state index contributed by atoms with van der Waals surface area (Å²) >= 11 is 0. The molecule has 0 aromatic heterocycles. The molecule has 3 N–H and O–H groups in total. The first-order valence-corrected chi connectivity index (χ1v) is 7.34. The first-order valence-electron chi connectivity index (χ1n) is 7.34. The fourth-order valence-electron chi connectivity index (χ4n) is 2.45. The molecule has 1 amide bonds. The number of nitrogens with zero attached hydrogens (tertiary/aromatic N) is 1. The Labute approximate surface area is 111 Å². The maximum Gasteiger partial charge on any atom is 0.234 e. The molecule has 0 bridgehead atoms. The molecule has 1 saturated heterocycles. The number of hydrogen-bond donors (Lipinski definition) is 2. The molecule has 4 nitrogen and oxygen atoms in total. The van der Waals surface area contributed by atoms with E-state index in [1.807, 2.05) is 0 Å². The number of nitrogens with one attached hydrogen (secondary N) is 1. The van der Waals surface area contributed by atoms with Crippen LogP contribution in [0.15, 0.2) is 0 Å². The molecule has 1 unspecified atom stereocenters. The fourth-order valence-corrected chi connectivity index (χ4v) is 2.45. The van der Waals surface area contributed by atoms with Crippen molar-refractivity contribution in [2.75, 3.05) is 26.2 Å². The summed E-state index contributed by atoms with van der Waals surface area (Å²) in [5.74, 6) is 0.788. The van der Waals surface area contributed by atoms with Crippen LogP contribution in [0.5, 0.6) is 0 Å². The van der Waals surface area contributed by atoms with Crippen molar-refractivity contribution < 1.29 is 4.79 Å². The Morgan fingerprint density at radius 1 is 1.39 bits per heavy atom. The molecule has 0 aromatic carbocycles. The van der Waals surface area contributed by atoms with Crippen molar-refractivity contribution in [3.8, 4) is 0 Å². The van der Waals surface area contributed by atoms with Crippen LogP contribution in [0.3, 0.4) is 0 Å². The molecule has 4 heteroatoms. The molecule has 0 aromatic rings. The van der Waals surface area contributed by atoms with E-state index in [1.165, 1.54) is 19.3 Å². The van der Waals surface area contributed by atoms with E-state index >= 15 is 0 Å². The van der Waals surface area contributed by atoms with Crippen LogP contribution in [-0.2, 0) is 4.79 Å². The summed E-state index contributed by atoms with van der Waals surface area (Å²) in [6.45, 7) is 7.33. The minimum absolute atomic E-state index is 0.149. The summed E-state index contributed by atoms with van der Waals surface area (Å²) < 4.78 is 0. The second kappa shape index (κ2) is 8.48. The highest BCUT2D eigenvalue weighted by Crippen LogP contribution is 2.15. The summed E-state index contributed by atoms with van der Waals surface area (Å²) in [5.41, 5.74) is 5.81. The smallest absolute Gasteiger partial charge is 0.234 e. The van der Waals surface area contributed by atoms with Gasteiger partial charge >= 0.3 is 0 Å². The lowest BCUT2D eigenvalue weighted by molar-refractivity contribution is -0.122. The quantitative estimate of drug-likeness (QED) is 0.753. The average Bonchev–Trinajstić information content (AvgIpc) is 2.53. The number of carbonyl (C=O) groups excluding carboxylic acids is 1. The third kappa shape index (κ3) is 5.83. The monoisotopic (exact) mass is 255 g/mol. The van der Waals surface area contributed by atoms with Crippen molar-refractivity contribution in [1.29, 1.82) is 0 Å². The van der Waals surface area contributed by atoms with Gasteiger partial charge in [0.15, 0.2) is 0 Å². The normalized spacial score (nSPS) is 21.9. The van der Waals surface area contributed by atoms with Gasteiger partial charge in [0, 0.05) is 19.1 Å². The zero-order chi connectivity index (χ0) is 13.4. The Morgan fingerprint density at radius 3 is 2.83 bits per heavy atom. The lowest BCUT2D eigenvalue weighted by Crippen LogP contribution is -2.46. The van der Waals surface area contributed by atoms with Crippen molar-refractivity contribution in [3.63, 3.8) is 0 Å². The predicted octanol–water partition coefficient (Wildman–Crippen LogP) is 1.35. The van der Waals surface area contributed by atoms with Crippen molar-refractivity contribution in [3.05, 3.63) is 0 Å². The van der Waals surface area contributed by atoms with Gasteiger partial charge in [-0.3, -0.25) is 9.69 Å². The van der Waals surface area contributed by atoms with Crippen LogP contribution in [0, 0.1) is 5.92 Å². The number of nitrogens with two attached hydrogens (primary N) is 1. The Hall–Kier alpha value is -0.610. The summed E-state index contributed by atoms with van der Waals surface area (Å²) in [6.07, 6.45) is 5.88. The highest BCUT2D eigenvalue weighted by Gasteiger charge is 2.21. The lowest BCUT2D eigenvalue weighted by atomic mass is 10.1. The van der Waals surface area contributed by atoms with Gasteiger partial charge in [0.2, 0.25) is 5.91 Å². The molecular weight excluding hydrogens is 226 g/mol. The number of amides is 1. The third-order valence-corrected chi connectivity index (χ3v) is 3.66. The van der Waals surface area contributed by atoms with Crippen LogP contribution >= 0.6 is 0 Å². The maximum atomic E-state index is 11.9. The summed E-state index contributed by atoms with van der Waals surface area (Å²) in [5, 5.41) is 3.00. The number of likely N-dealkylation sites (tertiary alicyclic amines) is 1. The van der Waals surface area contributed by atoms with Gasteiger partial charge in [-0.2, -0.15) is 0 Å². The van der Waals surface area contributed by atoms with Crippen LogP contribution in [-0.4, -0.2) is 43.0 Å². The first-order chi connectivity index (χ1) is 8.63. The number of hydrogen-bond acceptors (Lipinski definition) is 3. The van der Waals surface area contributed by atoms with Crippen LogP contribution in [0.25, 0.3) is 0 Å². The minimum Gasteiger partial charge on any atom is -0.355 e. The number of rotatable bonds is 6. The van der Waals surface area contributed by atoms with Crippen LogP contribution < -0.4 is 11.1 Å². The molecule has 1 fully saturated rings. The lowest BCUT2D eigenvalue weighted by Gasteiger charge is -2.28. The Balaban J connectivity index is 2.31. The molecule has 1 aliphatic rings. The van der Waals surface area contributed by atoms with Gasteiger partial charge in [-0.15, -0.1) is 0 Å². The van der Waals surface area contributed by atoms with E-state index in [9.17, 15) is 4.79 Å². The molecule has 1 aliphatic heterocycles. The average molecular weight is 255 g/mol. The Bertz CT molecular complexity index is 243. The molecule has 0 spiro atoms. The van der Waals surface area contributed by atoms with E-state index in [2.05, 4.69) is 24.1 Å². The zero-order valence-electron chi connectivity index (χ0n) is 12.0. The SMILES string of the molecule is CC(C)CCNC(=O)CN1CCCCCC1CN. The standard InChI is InChI=1S/C14H29N3O/c1-12(2)7-8-16-14(18)11-17-9-5-3-4-6-13(17)10-15/h12-13H,3-11,15H2,1-2H3,(H,16,18). The Kier molecular flexibility index (Phi) is 7.28. The molecule has 0 saturated carbocycles. The fraction of sp³-hybridized carbons (Fsp3) is 0.929. The van der Waals surface area contributed by atoms with Crippen LogP contribution in [0.2, 0.25) is 0 Å². The molecule has 0 radical (unpaired) electrons. The summed E-state index contributed by atoms with van der Waals surface area (Å²) in [4.78, 5) is 14.1. The van der Waals surface area contributed by atoms with Crippen LogP contribution in [0.4, 0.5) is 0 Å². The van der Waals surface area contributed by atoms with E-state index < -0.39 is 0 Å². The van der Waals surface area contributed by atoms with Gasteiger partial charge in [0.25, 0.3) is 0 Å². The van der Waals surface area contributed by atoms with Gasteiger partial charge in [-0.25, -0.2) is 0 Å². The molecule has 1 heterocycles. The van der Waals surface area contributed by atoms with Crippen LogP contribution in [0.1, 0.15) is 46.0 Å². The van der Waals surface area contributed by atoms with Gasteiger partial charge in [0.05, 0.1) is 6.54 Å². The zero-order valence-corrected chi connectivity index (χ0v) is 12.0. The van der Waals surface area contributed by atoms with Gasteiger partial charge in [-0.05, 0) is 31.7 Å². The molecule has 1 atom stereocenters. The van der Waals surface area contributed by atoms with E-state index in [4.69, 9.17) is 5.73 Å². The first kappa shape index (κ1) is 15.4. The highest BCUT2D eigenvalue weighted by atomic mass is 16.2. The van der Waals surface area contributed by atoms with E-state index in [0.29, 0.717) is 25.0 Å². The molecule has 106 valence electrons. The number of carbonyl (C=O) groups is 1. The van der Waals surface area contributed by atoms with Crippen molar-refractivity contribution in [2.45, 2.75) is 52.0 Å². The second-order valence-corrected chi connectivity index (χ2v) is 5.74.